The van der Waals surface area contributed by atoms with E-state index in [9.17, 15) is 9.90 Å². The number of fused-ring (bicyclic) bond motifs is 2. The predicted molar refractivity (Wildman–Crippen MR) is 164 cm³/mol. The van der Waals surface area contributed by atoms with E-state index < -0.39 is 5.97 Å². The molecule has 1 N–H and O–H groups in total. The van der Waals surface area contributed by atoms with Crippen molar-refractivity contribution in [2.75, 3.05) is 7.11 Å². The molecule has 0 amide bonds. The van der Waals surface area contributed by atoms with Crippen LogP contribution in [-0.2, 0) is 11.2 Å². The largest absolute Gasteiger partial charge is 0.496 e. The Balaban J connectivity index is 1.76. The zero-order valence-corrected chi connectivity index (χ0v) is 26.3. The molecule has 0 radical (unpaired) electrons. The maximum Gasteiger partial charge on any atom is 0.307 e. The minimum absolute atomic E-state index is 0.0987. The van der Waals surface area contributed by atoms with Crippen molar-refractivity contribution in [2.45, 2.75) is 39.0 Å². The molecule has 8 heteroatoms. The van der Waals surface area contributed by atoms with Gasteiger partial charge >= 0.3 is 5.97 Å². The van der Waals surface area contributed by atoms with E-state index in [2.05, 4.69) is 51.8 Å². The van der Waals surface area contributed by atoms with E-state index in [1.54, 1.807) is 19.2 Å². The standard InChI is InChI=1S/C32H27Br2ClO5/c1-16(2)21-14-27(39-32-23(33)11-18(12-24(32)34)13-28(36)37)22(15-26(21)38-4)29-19-8-5-7-17(3)30(19)40-31-20(29)9-6-10-25(31)35/h5-12,14-16,29H,13H2,1-4H3,(H,36,37). The van der Waals surface area contributed by atoms with Crippen LogP contribution in [0.25, 0.3) is 0 Å². The van der Waals surface area contributed by atoms with Gasteiger partial charge in [0.1, 0.15) is 23.0 Å². The third-order valence-corrected chi connectivity index (χ3v) is 8.46. The Hall–Kier alpha value is -3.00. The highest BCUT2D eigenvalue weighted by atomic mass is 79.9. The van der Waals surface area contributed by atoms with Gasteiger partial charge < -0.3 is 19.3 Å². The Morgan fingerprint density at radius 3 is 2.25 bits per heavy atom. The SMILES string of the molecule is COc1cc(C2c3cccc(C)c3Oc3c(Cl)cccc32)c(Oc2c(Br)cc(CC(=O)O)cc2Br)cc1C(C)C. The fourth-order valence-corrected chi connectivity index (χ4v) is 6.80. The number of aryl methyl sites for hydroxylation is 1. The molecule has 0 saturated carbocycles. The lowest BCUT2D eigenvalue weighted by Crippen LogP contribution is -2.14. The van der Waals surface area contributed by atoms with Crippen LogP contribution in [-0.4, -0.2) is 18.2 Å². The summed E-state index contributed by atoms with van der Waals surface area (Å²) < 4.78 is 20.2. The summed E-state index contributed by atoms with van der Waals surface area (Å²) in [6.45, 7) is 6.23. The predicted octanol–water partition coefficient (Wildman–Crippen LogP) is 10.0. The first-order chi connectivity index (χ1) is 19.1. The van der Waals surface area contributed by atoms with Crippen LogP contribution in [0.5, 0.6) is 28.7 Å². The average Bonchev–Trinajstić information content (AvgIpc) is 2.89. The molecule has 1 aliphatic heterocycles. The van der Waals surface area contributed by atoms with Crippen molar-refractivity contribution in [3.63, 3.8) is 0 Å². The smallest absolute Gasteiger partial charge is 0.307 e. The van der Waals surface area contributed by atoms with Crippen LogP contribution < -0.4 is 14.2 Å². The van der Waals surface area contributed by atoms with Crippen molar-refractivity contribution < 1.29 is 24.1 Å². The van der Waals surface area contributed by atoms with Gasteiger partial charge in [0.2, 0.25) is 0 Å². The van der Waals surface area contributed by atoms with E-state index in [1.165, 1.54) is 0 Å². The highest BCUT2D eigenvalue weighted by molar-refractivity contribution is 9.11. The van der Waals surface area contributed by atoms with Crippen molar-refractivity contribution in [1.82, 2.24) is 0 Å². The van der Waals surface area contributed by atoms with Gasteiger partial charge in [0.05, 0.1) is 27.5 Å². The van der Waals surface area contributed by atoms with Gasteiger partial charge in [-0.15, -0.1) is 0 Å². The van der Waals surface area contributed by atoms with Gasteiger partial charge in [-0.3, -0.25) is 4.79 Å². The number of hydrogen-bond acceptors (Lipinski definition) is 4. The van der Waals surface area contributed by atoms with E-state index in [0.717, 1.165) is 39.3 Å². The normalized spacial score (nSPS) is 13.8. The first-order valence-electron chi connectivity index (χ1n) is 12.7. The van der Waals surface area contributed by atoms with Crippen LogP contribution >= 0.6 is 43.5 Å². The van der Waals surface area contributed by atoms with Crippen LogP contribution in [0.2, 0.25) is 5.02 Å². The Morgan fingerprint density at radius 1 is 0.975 bits per heavy atom. The summed E-state index contributed by atoms with van der Waals surface area (Å²) in [6.07, 6.45) is -0.0987. The van der Waals surface area contributed by atoms with Gasteiger partial charge in [-0.25, -0.2) is 0 Å². The fourth-order valence-electron chi connectivity index (χ4n) is 5.14. The third-order valence-electron chi connectivity index (χ3n) is 6.99. The molecule has 1 heterocycles. The average molecular weight is 687 g/mol. The van der Waals surface area contributed by atoms with Gasteiger partial charge in [-0.1, -0.05) is 55.8 Å². The monoisotopic (exact) mass is 684 g/mol. The number of ether oxygens (including phenoxy) is 3. The number of hydrogen-bond donors (Lipinski definition) is 1. The highest BCUT2D eigenvalue weighted by Crippen LogP contribution is 2.54. The lowest BCUT2D eigenvalue weighted by molar-refractivity contribution is -0.136. The third kappa shape index (κ3) is 5.35. The number of carboxylic acids is 1. The number of para-hydroxylation sites is 2. The van der Waals surface area contributed by atoms with Gasteiger partial charge in [-0.05, 0) is 86.2 Å². The minimum Gasteiger partial charge on any atom is -0.496 e. The molecule has 40 heavy (non-hydrogen) atoms. The molecule has 4 aromatic rings. The molecule has 0 bridgehead atoms. The van der Waals surface area contributed by atoms with Crippen molar-refractivity contribution in [1.29, 1.82) is 0 Å². The van der Waals surface area contributed by atoms with E-state index in [1.807, 2.05) is 49.4 Å². The van der Waals surface area contributed by atoms with Crippen molar-refractivity contribution >= 4 is 49.4 Å². The zero-order valence-electron chi connectivity index (χ0n) is 22.3. The number of carboxylic acid groups (broad SMARTS) is 1. The first-order valence-corrected chi connectivity index (χ1v) is 14.7. The number of benzene rings is 4. The summed E-state index contributed by atoms with van der Waals surface area (Å²) in [5.41, 5.74) is 5.44. The Morgan fingerprint density at radius 2 is 1.62 bits per heavy atom. The summed E-state index contributed by atoms with van der Waals surface area (Å²) in [6, 6.07) is 19.5. The van der Waals surface area contributed by atoms with E-state index in [-0.39, 0.29) is 18.3 Å². The number of halogens is 3. The Bertz CT molecular complexity index is 1560. The quantitative estimate of drug-likeness (QED) is 0.185. The van der Waals surface area contributed by atoms with Gasteiger partial charge in [0.15, 0.2) is 5.75 Å². The summed E-state index contributed by atoms with van der Waals surface area (Å²) in [4.78, 5) is 11.3. The Labute approximate surface area is 255 Å². The molecule has 0 aromatic heterocycles. The molecule has 4 aromatic carbocycles. The highest BCUT2D eigenvalue weighted by Gasteiger charge is 2.34. The molecule has 1 atom stereocenters. The molecule has 0 spiro atoms. The molecule has 1 unspecified atom stereocenters. The second-order valence-corrected chi connectivity index (χ2v) is 12.2. The topological polar surface area (TPSA) is 65.0 Å². The lowest BCUT2D eigenvalue weighted by atomic mass is 9.80. The van der Waals surface area contributed by atoms with Crippen LogP contribution in [0, 0.1) is 6.92 Å². The van der Waals surface area contributed by atoms with Crippen LogP contribution in [0.1, 0.15) is 59.1 Å². The van der Waals surface area contributed by atoms with Crippen molar-refractivity contribution in [3.05, 3.63) is 108 Å². The van der Waals surface area contributed by atoms with Crippen molar-refractivity contribution in [3.8, 4) is 28.7 Å². The van der Waals surface area contributed by atoms with E-state index in [0.29, 0.717) is 36.8 Å². The second kappa shape index (κ2) is 11.5. The molecule has 5 nitrogen and oxygen atoms in total. The summed E-state index contributed by atoms with van der Waals surface area (Å²) in [5.74, 6) is 2.34. The molecule has 5 rings (SSSR count). The molecule has 1 aliphatic rings. The number of aliphatic carboxylic acids is 1. The molecule has 0 saturated heterocycles. The van der Waals surface area contributed by atoms with Crippen LogP contribution in [0.15, 0.2) is 69.6 Å². The summed E-state index contributed by atoms with van der Waals surface area (Å²) >= 11 is 13.9. The lowest BCUT2D eigenvalue weighted by Gasteiger charge is -2.32. The number of rotatable bonds is 7. The maximum atomic E-state index is 11.3. The minimum atomic E-state index is -0.905. The first kappa shape index (κ1) is 28.5. The van der Waals surface area contributed by atoms with E-state index in [4.69, 9.17) is 25.8 Å². The molecule has 0 fully saturated rings. The van der Waals surface area contributed by atoms with E-state index >= 15 is 0 Å². The second-order valence-electron chi connectivity index (χ2n) is 10.0. The van der Waals surface area contributed by atoms with Gasteiger partial charge in [0.25, 0.3) is 0 Å². The van der Waals surface area contributed by atoms with Crippen LogP contribution in [0.4, 0.5) is 0 Å². The number of methoxy groups -OCH3 is 1. The van der Waals surface area contributed by atoms with Gasteiger partial charge in [0, 0.05) is 28.2 Å². The number of carbonyl (C=O) groups is 1. The molecular formula is C32H27Br2ClO5. The molecule has 206 valence electrons. The summed E-state index contributed by atoms with van der Waals surface area (Å²) in [5, 5.41) is 9.80. The molecular weight excluding hydrogens is 660 g/mol. The zero-order chi connectivity index (χ0) is 28.7. The molecule has 0 aliphatic carbocycles. The summed E-state index contributed by atoms with van der Waals surface area (Å²) in [7, 11) is 1.67. The Kier molecular flexibility index (Phi) is 8.18. The van der Waals surface area contributed by atoms with Gasteiger partial charge in [-0.2, -0.15) is 0 Å². The van der Waals surface area contributed by atoms with Crippen molar-refractivity contribution in [2.24, 2.45) is 0 Å². The maximum absolute atomic E-state index is 11.3. The van der Waals surface area contributed by atoms with Crippen LogP contribution in [0.3, 0.4) is 0 Å². The fraction of sp³-hybridized carbons (Fsp3) is 0.219.